The van der Waals surface area contributed by atoms with Crippen LogP contribution in [0.4, 0.5) is 28.9 Å². The molecule has 12 heteroatoms. The van der Waals surface area contributed by atoms with E-state index in [1.54, 1.807) is 0 Å². The Kier molecular flexibility index (Phi) is 7.54. The van der Waals surface area contributed by atoms with E-state index in [0.717, 1.165) is 36.4 Å². The van der Waals surface area contributed by atoms with Crippen molar-refractivity contribution in [1.82, 2.24) is 0 Å². The van der Waals surface area contributed by atoms with Crippen molar-refractivity contribution in [2.24, 2.45) is 0 Å². The van der Waals surface area contributed by atoms with Crippen molar-refractivity contribution in [2.45, 2.75) is 11.1 Å². The Morgan fingerprint density at radius 2 is 1.60 bits per heavy atom. The second-order valence-corrected chi connectivity index (χ2v) is 8.99. The van der Waals surface area contributed by atoms with E-state index in [2.05, 4.69) is 5.32 Å². The first-order valence-electron chi connectivity index (χ1n) is 9.93. The summed E-state index contributed by atoms with van der Waals surface area (Å²) >= 11 is 0. The summed E-state index contributed by atoms with van der Waals surface area (Å²) in [6.45, 7) is -0.866. The topological polar surface area (TPSA) is 84.9 Å². The zero-order valence-electron chi connectivity index (χ0n) is 18.5. The summed E-state index contributed by atoms with van der Waals surface area (Å²) < 4.78 is 90.8. The van der Waals surface area contributed by atoms with Gasteiger partial charge in [0.15, 0.2) is 11.5 Å². The van der Waals surface area contributed by atoms with Gasteiger partial charge in [-0.25, -0.2) is 12.8 Å². The highest BCUT2D eigenvalue weighted by Crippen LogP contribution is 2.35. The summed E-state index contributed by atoms with van der Waals surface area (Å²) in [6.07, 6.45) is -4.74. The number of hydrogen-bond acceptors (Lipinski definition) is 5. The van der Waals surface area contributed by atoms with Crippen LogP contribution in [0, 0.1) is 5.82 Å². The molecule has 3 rings (SSSR count). The Balaban J connectivity index is 2.05. The van der Waals surface area contributed by atoms with Crippen LogP contribution in [0.3, 0.4) is 0 Å². The van der Waals surface area contributed by atoms with Crippen molar-refractivity contribution in [2.75, 3.05) is 30.4 Å². The molecule has 3 aromatic carbocycles. The number of rotatable bonds is 8. The molecule has 0 saturated carbocycles. The van der Waals surface area contributed by atoms with Gasteiger partial charge in [0, 0.05) is 11.8 Å². The van der Waals surface area contributed by atoms with E-state index in [1.807, 2.05) is 0 Å². The maximum Gasteiger partial charge on any atom is 0.416 e. The highest BCUT2D eigenvalue weighted by molar-refractivity contribution is 7.92. The molecule has 0 heterocycles. The van der Waals surface area contributed by atoms with Gasteiger partial charge in [0.05, 0.1) is 30.4 Å². The van der Waals surface area contributed by atoms with Crippen molar-refractivity contribution < 1.29 is 40.2 Å². The summed E-state index contributed by atoms with van der Waals surface area (Å²) in [7, 11) is -1.92. The van der Waals surface area contributed by atoms with Gasteiger partial charge in [-0.15, -0.1) is 0 Å². The van der Waals surface area contributed by atoms with Crippen molar-refractivity contribution in [3.63, 3.8) is 0 Å². The van der Waals surface area contributed by atoms with Crippen LogP contribution < -0.4 is 19.1 Å². The molecule has 0 saturated heterocycles. The Morgan fingerprint density at radius 1 is 0.943 bits per heavy atom. The Hall–Kier alpha value is -3.80. The molecule has 0 fully saturated rings. The molecule has 0 aliphatic carbocycles. The molecule has 1 N–H and O–H groups in total. The van der Waals surface area contributed by atoms with Gasteiger partial charge in [-0.1, -0.05) is 6.07 Å². The van der Waals surface area contributed by atoms with Crippen molar-refractivity contribution in [3.05, 3.63) is 78.1 Å². The van der Waals surface area contributed by atoms with Crippen LogP contribution in [-0.4, -0.2) is 35.1 Å². The molecule has 0 aliphatic heterocycles. The van der Waals surface area contributed by atoms with Crippen LogP contribution in [0.5, 0.6) is 11.5 Å². The first-order valence-corrected chi connectivity index (χ1v) is 11.4. The van der Waals surface area contributed by atoms with Gasteiger partial charge in [-0.2, -0.15) is 13.2 Å². The molecule has 0 radical (unpaired) electrons. The SMILES string of the molecule is COc1ccc(S(=O)(=O)N(CC(=O)Nc2ccc(F)cc2)c2cccc(C(F)(F)F)c2)cc1OC. The Labute approximate surface area is 198 Å². The lowest BCUT2D eigenvalue weighted by Crippen LogP contribution is -2.38. The average molecular weight is 512 g/mol. The van der Waals surface area contributed by atoms with Crippen molar-refractivity contribution >= 4 is 27.3 Å². The lowest BCUT2D eigenvalue weighted by Gasteiger charge is -2.25. The van der Waals surface area contributed by atoms with Gasteiger partial charge in [0.25, 0.3) is 10.0 Å². The predicted octanol–water partition coefficient (Wildman–Crippen LogP) is 4.70. The first-order chi connectivity index (χ1) is 16.5. The molecule has 0 unspecified atom stereocenters. The van der Waals surface area contributed by atoms with Crippen LogP contribution in [0.2, 0.25) is 0 Å². The summed E-state index contributed by atoms with van der Waals surface area (Å²) in [6, 6.07) is 11.9. The molecular weight excluding hydrogens is 492 g/mol. The average Bonchev–Trinajstić information content (AvgIpc) is 2.83. The molecular formula is C23H20F4N2O5S. The minimum atomic E-state index is -4.74. The highest BCUT2D eigenvalue weighted by atomic mass is 32.2. The Bertz CT molecular complexity index is 1310. The van der Waals surface area contributed by atoms with Crippen molar-refractivity contribution in [1.29, 1.82) is 0 Å². The second kappa shape index (κ2) is 10.2. The number of carbonyl (C=O) groups is 1. The number of amides is 1. The third-order valence-electron chi connectivity index (χ3n) is 4.82. The number of nitrogens with zero attached hydrogens (tertiary/aromatic N) is 1. The minimum absolute atomic E-state index is 0.0633. The number of sulfonamides is 1. The quantitative estimate of drug-likeness (QED) is 0.443. The molecule has 0 spiro atoms. The van der Waals surface area contributed by atoms with Gasteiger partial charge >= 0.3 is 6.18 Å². The van der Waals surface area contributed by atoms with E-state index in [0.29, 0.717) is 10.4 Å². The first kappa shape index (κ1) is 25.8. The number of ether oxygens (including phenoxy) is 2. The summed E-state index contributed by atoms with van der Waals surface area (Å²) in [5.41, 5.74) is -1.31. The fourth-order valence-corrected chi connectivity index (χ4v) is 4.55. The van der Waals surface area contributed by atoms with E-state index in [1.165, 1.54) is 38.5 Å². The van der Waals surface area contributed by atoms with Crippen LogP contribution >= 0.6 is 0 Å². The molecule has 0 atom stereocenters. The number of benzene rings is 3. The lowest BCUT2D eigenvalue weighted by atomic mass is 10.2. The van der Waals surface area contributed by atoms with Gasteiger partial charge in [-0.05, 0) is 54.6 Å². The smallest absolute Gasteiger partial charge is 0.416 e. The summed E-state index contributed by atoms with van der Waals surface area (Å²) in [5.74, 6) is -1.12. The summed E-state index contributed by atoms with van der Waals surface area (Å²) in [5, 5.41) is 2.40. The van der Waals surface area contributed by atoms with Gasteiger partial charge < -0.3 is 14.8 Å². The molecule has 0 aromatic heterocycles. The van der Waals surface area contributed by atoms with Crippen LogP contribution in [0.15, 0.2) is 71.6 Å². The minimum Gasteiger partial charge on any atom is -0.493 e. The van der Waals surface area contributed by atoms with Crippen LogP contribution in [0.25, 0.3) is 0 Å². The number of methoxy groups -OCH3 is 2. The zero-order chi connectivity index (χ0) is 25.8. The monoisotopic (exact) mass is 512 g/mol. The number of carbonyl (C=O) groups excluding carboxylic acids is 1. The van der Waals surface area contributed by atoms with Gasteiger partial charge in [0.1, 0.15) is 12.4 Å². The number of alkyl halides is 3. The van der Waals surface area contributed by atoms with Crippen LogP contribution in [0.1, 0.15) is 5.56 Å². The summed E-state index contributed by atoms with van der Waals surface area (Å²) in [4.78, 5) is 12.3. The fourth-order valence-electron chi connectivity index (χ4n) is 3.12. The molecule has 35 heavy (non-hydrogen) atoms. The predicted molar refractivity (Wildman–Crippen MR) is 121 cm³/mol. The third-order valence-corrected chi connectivity index (χ3v) is 6.59. The zero-order valence-corrected chi connectivity index (χ0v) is 19.3. The van der Waals surface area contributed by atoms with E-state index in [4.69, 9.17) is 9.47 Å². The number of halogens is 4. The maximum atomic E-state index is 13.5. The molecule has 7 nitrogen and oxygen atoms in total. The molecule has 0 bridgehead atoms. The second-order valence-electron chi connectivity index (χ2n) is 7.13. The Morgan fingerprint density at radius 3 is 2.20 bits per heavy atom. The fraction of sp³-hybridized carbons (Fsp3) is 0.174. The number of anilines is 2. The number of hydrogen-bond donors (Lipinski definition) is 1. The molecule has 1 amide bonds. The van der Waals surface area contributed by atoms with E-state index < -0.39 is 40.0 Å². The largest absolute Gasteiger partial charge is 0.493 e. The standard InChI is InChI=1S/C23H20F4N2O5S/c1-33-20-11-10-19(13-21(20)34-2)35(31,32)29(18-5-3-4-15(12-18)23(25,26)27)14-22(30)28-17-8-6-16(24)7-9-17/h3-13H,14H2,1-2H3,(H,28,30). The van der Waals surface area contributed by atoms with Crippen LogP contribution in [-0.2, 0) is 21.0 Å². The van der Waals surface area contributed by atoms with E-state index in [9.17, 15) is 30.8 Å². The lowest BCUT2D eigenvalue weighted by molar-refractivity contribution is -0.137. The normalized spacial score (nSPS) is 11.6. The highest BCUT2D eigenvalue weighted by Gasteiger charge is 2.33. The van der Waals surface area contributed by atoms with Crippen molar-refractivity contribution in [3.8, 4) is 11.5 Å². The van der Waals surface area contributed by atoms with E-state index >= 15 is 0 Å². The molecule has 0 aliphatic rings. The molecule has 186 valence electrons. The van der Waals surface area contributed by atoms with E-state index in [-0.39, 0.29) is 27.8 Å². The van der Waals surface area contributed by atoms with Gasteiger partial charge in [0.2, 0.25) is 5.91 Å². The van der Waals surface area contributed by atoms with Gasteiger partial charge in [-0.3, -0.25) is 9.10 Å². The number of nitrogens with one attached hydrogen (secondary N) is 1. The third kappa shape index (κ3) is 6.01. The maximum absolute atomic E-state index is 13.5. The molecule has 3 aromatic rings.